The number of Topliss-reactive ketones (excluding diaryl/α,β-unsaturated/α-hetero) is 1. The zero-order valence-corrected chi connectivity index (χ0v) is 24.6. The Morgan fingerprint density at radius 3 is 2.32 bits per heavy atom. The molecule has 0 spiro atoms. The maximum Gasteiger partial charge on any atom is 0.435 e. The summed E-state index contributed by atoms with van der Waals surface area (Å²) in [5.74, 6) is -3.86. The number of ether oxygens (including phenoxy) is 2. The van der Waals surface area contributed by atoms with Crippen LogP contribution in [-0.2, 0) is 38.4 Å². The molecular formula is C30H27F3N6O8. The van der Waals surface area contributed by atoms with E-state index in [1.54, 1.807) is 48.5 Å². The number of halogens is 3. The number of hydrogen-bond donors (Lipinski definition) is 3. The summed E-state index contributed by atoms with van der Waals surface area (Å²) < 4.78 is 52.2. The third-order valence-electron chi connectivity index (χ3n) is 6.43. The number of carbonyl (C=O) groups is 4. The summed E-state index contributed by atoms with van der Waals surface area (Å²) in [6.07, 6.45) is -5.63. The molecule has 0 aliphatic carbocycles. The largest absolute Gasteiger partial charge is 0.481 e. The predicted octanol–water partition coefficient (Wildman–Crippen LogP) is 3.11. The Labute approximate surface area is 263 Å². The number of amides is 2. The topological polar surface area (TPSA) is 184 Å². The number of nitrogens with one attached hydrogen (secondary N) is 2. The van der Waals surface area contributed by atoms with E-state index in [4.69, 9.17) is 9.47 Å². The van der Waals surface area contributed by atoms with Crippen molar-refractivity contribution in [2.45, 2.75) is 38.7 Å². The van der Waals surface area contributed by atoms with Crippen LogP contribution >= 0.6 is 0 Å². The van der Waals surface area contributed by atoms with Crippen LogP contribution in [0.25, 0.3) is 5.69 Å². The van der Waals surface area contributed by atoms with Gasteiger partial charge < -0.3 is 19.9 Å². The number of anilines is 1. The summed E-state index contributed by atoms with van der Waals surface area (Å²) in [4.78, 5) is 66.6. The second-order valence-corrected chi connectivity index (χ2v) is 9.88. The summed E-state index contributed by atoms with van der Waals surface area (Å²) in [6.45, 7) is -0.348. The monoisotopic (exact) mass is 656 g/mol. The fraction of sp³-hybridized carbons (Fsp3) is 0.233. The van der Waals surface area contributed by atoms with Gasteiger partial charge in [-0.1, -0.05) is 48.5 Å². The number of benzene rings is 2. The third-order valence-corrected chi connectivity index (χ3v) is 6.43. The average molecular weight is 657 g/mol. The maximum absolute atomic E-state index is 13.4. The molecule has 0 saturated carbocycles. The summed E-state index contributed by atoms with van der Waals surface area (Å²) in [6, 6.07) is 15.2. The number of hydrogen-bond acceptors (Lipinski definition) is 9. The molecule has 0 saturated heterocycles. The molecule has 17 heteroatoms. The van der Waals surface area contributed by atoms with Crippen LogP contribution < -0.4 is 20.9 Å². The van der Waals surface area contributed by atoms with Gasteiger partial charge in [0.25, 0.3) is 5.56 Å². The molecule has 4 aromatic rings. The van der Waals surface area contributed by atoms with Crippen LogP contribution in [-0.4, -0.2) is 60.8 Å². The van der Waals surface area contributed by atoms with Gasteiger partial charge in [0.2, 0.25) is 11.8 Å². The molecule has 3 N–H and O–H groups in total. The summed E-state index contributed by atoms with van der Waals surface area (Å²) in [5, 5.41) is 17.3. The summed E-state index contributed by atoms with van der Waals surface area (Å²) >= 11 is 0. The van der Waals surface area contributed by atoms with Crippen molar-refractivity contribution in [3.63, 3.8) is 0 Å². The van der Waals surface area contributed by atoms with E-state index in [1.807, 2.05) is 0 Å². The van der Waals surface area contributed by atoms with Gasteiger partial charge in [-0.2, -0.15) is 18.3 Å². The molecule has 1 atom stereocenters. The fourth-order valence-corrected chi connectivity index (χ4v) is 4.13. The summed E-state index contributed by atoms with van der Waals surface area (Å²) in [5.41, 5.74) is -1.57. The third kappa shape index (κ3) is 9.25. The number of aromatic nitrogens is 4. The minimum absolute atomic E-state index is 0.0486. The first-order valence-corrected chi connectivity index (χ1v) is 13.8. The van der Waals surface area contributed by atoms with E-state index >= 15 is 0 Å². The normalized spacial score (nSPS) is 11.7. The molecule has 0 fully saturated rings. The quantitative estimate of drug-likeness (QED) is 0.193. The van der Waals surface area contributed by atoms with Crippen LogP contribution in [0.5, 0.6) is 5.88 Å². The number of rotatable bonds is 13. The average Bonchev–Trinajstić information content (AvgIpc) is 3.48. The number of carboxylic acids is 1. The minimum atomic E-state index is -4.83. The Hall–Kier alpha value is -6.00. The van der Waals surface area contributed by atoms with Crippen molar-refractivity contribution in [3.05, 3.63) is 100 Å². The van der Waals surface area contributed by atoms with E-state index in [0.29, 0.717) is 11.6 Å². The van der Waals surface area contributed by atoms with Crippen LogP contribution in [0.2, 0.25) is 0 Å². The number of ketones is 1. The van der Waals surface area contributed by atoms with E-state index < -0.39 is 72.7 Å². The van der Waals surface area contributed by atoms with Crippen molar-refractivity contribution in [1.82, 2.24) is 24.6 Å². The first-order chi connectivity index (χ1) is 22.3. The Kier molecular flexibility index (Phi) is 10.7. The Morgan fingerprint density at radius 1 is 1.02 bits per heavy atom. The Bertz CT molecular complexity index is 1810. The van der Waals surface area contributed by atoms with Crippen molar-refractivity contribution < 1.29 is 46.9 Å². The number of aryl methyl sites for hydroxylation is 1. The molecule has 47 heavy (non-hydrogen) atoms. The highest BCUT2D eigenvalue weighted by atomic mass is 19.4. The Morgan fingerprint density at radius 2 is 1.68 bits per heavy atom. The van der Waals surface area contributed by atoms with Crippen molar-refractivity contribution in [2.75, 3.05) is 11.9 Å². The molecule has 2 amide bonds. The molecule has 0 aliphatic rings. The molecule has 0 aliphatic heterocycles. The molecule has 2 aromatic carbocycles. The molecular weight excluding hydrogens is 629 g/mol. The SMILES string of the molecule is Cc1ncc(NC(=O)OCc2ccccc2)c(=O)n1CC(=O)N[C@@H](CC(=O)O)C(=O)COc1cc(C(F)(F)F)nn1-c1ccccc1. The summed E-state index contributed by atoms with van der Waals surface area (Å²) in [7, 11) is 0. The molecule has 2 aromatic heterocycles. The van der Waals surface area contributed by atoms with Crippen molar-refractivity contribution in [2.24, 2.45) is 0 Å². The van der Waals surface area contributed by atoms with E-state index in [2.05, 4.69) is 20.7 Å². The minimum Gasteiger partial charge on any atom is -0.481 e. The Balaban J connectivity index is 1.43. The van der Waals surface area contributed by atoms with Crippen LogP contribution in [0.4, 0.5) is 23.7 Å². The zero-order valence-electron chi connectivity index (χ0n) is 24.6. The zero-order chi connectivity index (χ0) is 34.1. The van der Waals surface area contributed by atoms with Crippen molar-refractivity contribution >= 4 is 29.4 Å². The second kappa shape index (κ2) is 14.9. The number of carboxylic acid groups (broad SMARTS) is 1. The standard InChI is InChI=1S/C30H27F3N6O8/c1-18-34-14-22(36-29(45)47-16-19-8-4-2-5-9-19)28(44)38(18)15-25(41)35-21(12-27(42)43)23(40)17-46-26-13-24(30(31,32)33)37-39(26)20-10-6-3-7-11-20/h2-11,13-14,21H,12,15-17H2,1H3,(H,35,41)(H,36,45)(H,42,43)/t21-/m0/s1. The molecule has 0 bridgehead atoms. The van der Waals surface area contributed by atoms with Gasteiger partial charge in [0.15, 0.2) is 18.1 Å². The molecule has 0 radical (unpaired) electrons. The number of carbonyl (C=O) groups excluding carboxylic acids is 3. The fourth-order valence-electron chi connectivity index (χ4n) is 4.13. The van der Waals surface area contributed by atoms with Gasteiger partial charge in [-0.05, 0) is 24.6 Å². The van der Waals surface area contributed by atoms with Crippen LogP contribution in [0.15, 0.2) is 77.7 Å². The number of alkyl halides is 3. The molecule has 2 heterocycles. The first-order valence-electron chi connectivity index (χ1n) is 13.8. The predicted molar refractivity (Wildman–Crippen MR) is 157 cm³/mol. The van der Waals surface area contributed by atoms with Gasteiger partial charge in [0.1, 0.15) is 30.7 Å². The smallest absolute Gasteiger partial charge is 0.435 e. The van der Waals surface area contributed by atoms with E-state index in [9.17, 15) is 42.3 Å². The van der Waals surface area contributed by atoms with Gasteiger partial charge >= 0.3 is 18.2 Å². The maximum atomic E-state index is 13.4. The van der Waals surface area contributed by atoms with E-state index in [-0.39, 0.29) is 23.8 Å². The van der Waals surface area contributed by atoms with Crippen LogP contribution in [0.1, 0.15) is 23.5 Å². The number of aliphatic carboxylic acids is 1. The van der Waals surface area contributed by atoms with E-state index in [1.165, 1.54) is 19.1 Å². The molecule has 0 unspecified atom stereocenters. The molecule has 14 nitrogen and oxygen atoms in total. The number of para-hydroxylation sites is 1. The highest BCUT2D eigenvalue weighted by Gasteiger charge is 2.36. The highest BCUT2D eigenvalue weighted by molar-refractivity contribution is 5.92. The lowest BCUT2D eigenvalue weighted by atomic mass is 10.1. The lowest BCUT2D eigenvalue weighted by Crippen LogP contribution is -2.46. The molecule has 246 valence electrons. The van der Waals surface area contributed by atoms with Crippen molar-refractivity contribution in [3.8, 4) is 11.6 Å². The highest BCUT2D eigenvalue weighted by Crippen LogP contribution is 2.32. The van der Waals surface area contributed by atoms with Gasteiger partial charge in [-0.25, -0.2) is 14.5 Å². The van der Waals surface area contributed by atoms with Gasteiger partial charge in [-0.15, -0.1) is 0 Å². The van der Waals surface area contributed by atoms with Crippen molar-refractivity contribution in [1.29, 1.82) is 0 Å². The molecule has 4 rings (SSSR count). The van der Waals surface area contributed by atoms with Crippen LogP contribution in [0, 0.1) is 6.92 Å². The van der Waals surface area contributed by atoms with Crippen LogP contribution in [0.3, 0.4) is 0 Å². The van der Waals surface area contributed by atoms with Gasteiger partial charge in [0, 0.05) is 6.07 Å². The lowest BCUT2D eigenvalue weighted by molar-refractivity contribution is -0.141. The van der Waals surface area contributed by atoms with Gasteiger partial charge in [-0.3, -0.25) is 29.1 Å². The first kappa shape index (κ1) is 33.9. The lowest BCUT2D eigenvalue weighted by Gasteiger charge is -2.18. The van der Waals surface area contributed by atoms with Gasteiger partial charge in [0.05, 0.1) is 18.3 Å². The second-order valence-electron chi connectivity index (χ2n) is 9.88. The van der Waals surface area contributed by atoms with E-state index in [0.717, 1.165) is 15.4 Å². The number of nitrogens with zero attached hydrogens (tertiary/aromatic N) is 4.